The first-order chi connectivity index (χ1) is 13.4. The van der Waals surface area contributed by atoms with Crippen molar-refractivity contribution in [1.29, 1.82) is 5.26 Å². The molecule has 1 N–H and O–H groups in total. The molecule has 0 aliphatic rings. The van der Waals surface area contributed by atoms with Crippen molar-refractivity contribution < 1.29 is 19.1 Å². The summed E-state index contributed by atoms with van der Waals surface area (Å²) in [5.41, 5.74) is -0.981. The molecule has 6 heteroatoms. The van der Waals surface area contributed by atoms with E-state index in [0.717, 1.165) is 0 Å². The van der Waals surface area contributed by atoms with Gasteiger partial charge in [-0.05, 0) is 12.5 Å². The van der Waals surface area contributed by atoms with Gasteiger partial charge in [-0.3, -0.25) is 9.59 Å². The number of ether oxygens (including phenoxy) is 1. The van der Waals surface area contributed by atoms with Gasteiger partial charge < -0.3 is 10.1 Å². The van der Waals surface area contributed by atoms with Gasteiger partial charge in [0.05, 0.1) is 6.61 Å². The van der Waals surface area contributed by atoms with Crippen LogP contribution in [0.2, 0.25) is 0 Å². The number of esters is 1. The summed E-state index contributed by atoms with van der Waals surface area (Å²) in [5.74, 6) is -2.62. The second-order valence-electron chi connectivity index (χ2n) is 6.28. The van der Waals surface area contributed by atoms with Crippen LogP contribution in [0.4, 0.5) is 0 Å². The van der Waals surface area contributed by atoms with Crippen molar-refractivity contribution in [3.05, 3.63) is 71.8 Å². The molecule has 0 bridgehead atoms. The Morgan fingerprint density at radius 3 is 2.14 bits per heavy atom. The Labute approximate surface area is 164 Å². The number of benzene rings is 2. The summed E-state index contributed by atoms with van der Waals surface area (Å²) in [7, 11) is 0. The molecule has 2 atom stereocenters. The number of carbonyl (C=O) groups excluding carboxylic acids is 3. The summed E-state index contributed by atoms with van der Waals surface area (Å²) in [5, 5.41) is 12.4. The molecule has 1 amide bonds. The van der Waals surface area contributed by atoms with Crippen LogP contribution in [0.5, 0.6) is 0 Å². The number of hydrogen-bond donors (Lipinski definition) is 1. The third kappa shape index (κ3) is 4.63. The standard InChI is InChI=1S/C22H22N2O4/c1-3-28-21(27)22(15-23,24-16(2)25)19(17-10-6-4-7-11-17)14-20(26)18-12-8-5-9-13-18/h4-13,19H,3,14H2,1-2H3,(H,24,25). The van der Waals surface area contributed by atoms with Crippen LogP contribution in [0.1, 0.15) is 42.1 Å². The average Bonchev–Trinajstić information content (AvgIpc) is 2.71. The second-order valence-corrected chi connectivity index (χ2v) is 6.28. The zero-order chi connectivity index (χ0) is 20.6. The fraction of sp³-hybridized carbons (Fsp3) is 0.273. The molecule has 144 valence electrons. The molecule has 0 saturated carbocycles. The highest BCUT2D eigenvalue weighted by molar-refractivity contribution is 5.98. The number of nitrogens with zero attached hydrogens (tertiary/aromatic N) is 1. The molecule has 0 spiro atoms. The molecule has 2 unspecified atom stereocenters. The largest absolute Gasteiger partial charge is 0.463 e. The van der Waals surface area contributed by atoms with E-state index in [2.05, 4.69) is 5.32 Å². The third-order valence-electron chi connectivity index (χ3n) is 4.36. The molecular weight excluding hydrogens is 356 g/mol. The third-order valence-corrected chi connectivity index (χ3v) is 4.36. The van der Waals surface area contributed by atoms with Crippen LogP contribution < -0.4 is 5.32 Å². The van der Waals surface area contributed by atoms with Crippen molar-refractivity contribution in [3.8, 4) is 6.07 Å². The Morgan fingerprint density at radius 1 is 1.07 bits per heavy atom. The molecule has 0 saturated heterocycles. The number of nitriles is 1. The van der Waals surface area contributed by atoms with Gasteiger partial charge in [0.25, 0.3) is 0 Å². The number of ketones is 1. The van der Waals surface area contributed by atoms with Crippen LogP contribution in [0.25, 0.3) is 0 Å². The highest BCUT2D eigenvalue weighted by Gasteiger charge is 2.50. The Kier molecular flexibility index (Phi) is 7.05. The predicted molar refractivity (Wildman–Crippen MR) is 103 cm³/mol. The van der Waals surface area contributed by atoms with Crippen LogP contribution >= 0.6 is 0 Å². The van der Waals surface area contributed by atoms with E-state index in [0.29, 0.717) is 11.1 Å². The van der Waals surface area contributed by atoms with E-state index >= 15 is 0 Å². The van der Waals surface area contributed by atoms with E-state index < -0.39 is 23.3 Å². The lowest BCUT2D eigenvalue weighted by Crippen LogP contribution is -2.58. The second kappa shape index (κ2) is 9.47. The van der Waals surface area contributed by atoms with Crippen LogP contribution in [0, 0.1) is 11.3 Å². The van der Waals surface area contributed by atoms with Crippen molar-refractivity contribution in [2.45, 2.75) is 31.7 Å². The van der Waals surface area contributed by atoms with E-state index in [9.17, 15) is 19.6 Å². The van der Waals surface area contributed by atoms with Crippen LogP contribution in [-0.4, -0.2) is 29.8 Å². The maximum absolute atomic E-state index is 12.9. The van der Waals surface area contributed by atoms with Crippen molar-refractivity contribution in [3.63, 3.8) is 0 Å². The minimum atomic E-state index is -2.02. The minimum Gasteiger partial charge on any atom is -0.463 e. The van der Waals surface area contributed by atoms with E-state index in [1.165, 1.54) is 6.92 Å². The smallest absolute Gasteiger partial charge is 0.347 e. The number of amides is 1. The normalized spacial score (nSPS) is 13.5. The van der Waals surface area contributed by atoms with Gasteiger partial charge in [0.1, 0.15) is 6.07 Å². The molecule has 28 heavy (non-hydrogen) atoms. The lowest BCUT2D eigenvalue weighted by molar-refractivity contribution is -0.151. The first-order valence-corrected chi connectivity index (χ1v) is 8.95. The van der Waals surface area contributed by atoms with Crippen molar-refractivity contribution in [2.75, 3.05) is 6.61 Å². The molecule has 2 rings (SSSR count). The molecule has 2 aromatic carbocycles. The Hall–Kier alpha value is -3.46. The average molecular weight is 378 g/mol. The minimum absolute atomic E-state index is 0.0377. The van der Waals surface area contributed by atoms with Gasteiger partial charge in [-0.15, -0.1) is 0 Å². The summed E-state index contributed by atoms with van der Waals surface area (Å²) < 4.78 is 5.10. The molecular formula is C22H22N2O4. The summed E-state index contributed by atoms with van der Waals surface area (Å²) in [6.07, 6.45) is -0.152. The molecule has 2 aromatic rings. The zero-order valence-corrected chi connectivity index (χ0v) is 15.8. The first kappa shape index (κ1) is 20.8. The molecule has 0 heterocycles. The van der Waals surface area contributed by atoms with Gasteiger partial charge in [0.2, 0.25) is 11.4 Å². The lowest BCUT2D eigenvalue weighted by Gasteiger charge is -2.33. The predicted octanol–water partition coefficient (Wildman–Crippen LogP) is 3.00. The van der Waals surface area contributed by atoms with E-state index in [4.69, 9.17) is 4.74 Å². The molecule has 0 fully saturated rings. The molecule has 0 aromatic heterocycles. The zero-order valence-electron chi connectivity index (χ0n) is 15.8. The van der Waals surface area contributed by atoms with Gasteiger partial charge in [0, 0.05) is 24.8 Å². The fourth-order valence-electron chi connectivity index (χ4n) is 3.09. The highest BCUT2D eigenvalue weighted by Crippen LogP contribution is 2.34. The monoisotopic (exact) mass is 378 g/mol. The lowest BCUT2D eigenvalue weighted by atomic mass is 9.76. The number of Topliss-reactive ketones (excluding diaryl/α,β-unsaturated/α-hetero) is 1. The summed E-state index contributed by atoms with van der Waals surface area (Å²) >= 11 is 0. The van der Waals surface area contributed by atoms with Crippen molar-refractivity contribution in [1.82, 2.24) is 5.32 Å². The van der Waals surface area contributed by atoms with Gasteiger partial charge in [-0.1, -0.05) is 60.7 Å². The molecule has 0 aliphatic carbocycles. The number of hydrogen-bond acceptors (Lipinski definition) is 5. The van der Waals surface area contributed by atoms with Crippen LogP contribution in [-0.2, 0) is 14.3 Å². The van der Waals surface area contributed by atoms with Crippen LogP contribution in [0.3, 0.4) is 0 Å². The topological polar surface area (TPSA) is 96.3 Å². The number of rotatable bonds is 8. The maximum Gasteiger partial charge on any atom is 0.347 e. The van der Waals surface area contributed by atoms with Crippen LogP contribution in [0.15, 0.2) is 60.7 Å². The molecule has 6 nitrogen and oxygen atoms in total. The summed E-state index contributed by atoms with van der Waals surface area (Å²) in [4.78, 5) is 37.5. The fourth-order valence-corrected chi connectivity index (χ4v) is 3.09. The SMILES string of the molecule is CCOC(=O)C(C#N)(NC(C)=O)C(CC(=O)c1ccccc1)c1ccccc1. The van der Waals surface area contributed by atoms with E-state index in [1.807, 2.05) is 6.07 Å². The number of carbonyl (C=O) groups is 3. The van der Waals surface area contributed by atoms with Crippen molar-refractivity contribution in [2.24, 2.45) is 0 Å². The van der Waals surface area contributed by atoms with E-state index in [-0.39, 0.29) is 18.8 Å². The first-order valence-electron chi connectivity index (χ1n) is 8.95. The Balaban J connectivity index is 2.56. The molecule has 0 radical (unpaired) electrons. The molecule has 0 aliphatic heterocycles. The van der Waals surface area contributed by atoms with Gasteiger partial charge >= 0.3 is 5.97 Å². The Bertz CT molecular complexity index is 874. The Morgan fingerprint density at radius 2 is 1.64 bits per heavy atom. The quantitative estimate of drug-likeness (QED) is 0.563. The highest BCUT2D eigenvalue weighted by atomic mass is 16.5. The van der Waals surface area contributed by atoms with E-state index in [1.54, 1.807) is 67.6 Å². The summed E-state index contributed by atoms with van der Waals surface area (Å²) in [6, 6.07) is 19.2. The van der Waals surface area contributed by atoms with Crippen molar-refractivity contribution >= 4 is 17.7 Å². The van der Waals surface area contributed by atoms with Gasteiger partial charge in [0.15, 0.2) is 5.78 Å². The maximum atomic E-state index is 12.9. The number of nitrogens with one attached hydrogen (secondary N) is 1. The van der Waals surface area contributed by atoms with Gasteiger partial charge in [-0.25, -0.2) is 4.79 Å². The van der Waals surface area contributed by atoms with Gasteiger partial charge in [-0.2, -0.15) is 5.26 Å². The summed E-state index contributed by atoms with van der Waals surface area (Å²) in [6.45, 7) is 2.86.